The van der Waals surface area contributed by atoms with E-state index >= 15 is 0 Å². The number of amides is 1. The Morgan fingerprint density at radius 3 is 2.61 bits per heavy atom. The van der Waals surface area contributed by atoms with E-state index in [4.69, 9.17) is 5.73 Å². The van der Waals surface area contributed by atoms with Crippen molar-refractivity contribution in [1.82, 2.24) is 9.80 Å². The summed E-state index contributed by atoms with van der Waals surface area (Å²) in [4.78, 5) is 18.5. The molecule has 0 aromatic heterocycles. The number of para-hydroxylation sites is 1. The maximum absolute atomic E-state index is 11.1. The molecule has 0 spiro atoms. The predicted molar refractivity (Wildman–Crippen MR) is 93.6 cm³/mol. The summed E-state index contributed by atoms with van der Waals surface area (Å²) >= 11 is 0. The summed E-state index contributed by atoms with van der Waals surface area (Å²) in [6.07, 6.45) is 2.40. The number of hydrogen-bond acceptors (Lipinski definition) is 4. The highest BCUT2D eigenvalue weighted by Crippen LogP contribution is 2.23. The zero-order chi connectivity index (χ0) is 16.2. The van der Waals surface area contributed by atoms with Crippen LogP contribution in [0.2, 0.25) is 0 Å². The van der Waals surface area contributed by atoms with Crippen molar-refractivity contribution in [3.63, 3.8) is 0 Å². The van der Waals surface area contributed by atoms with Gasteiger partial charge in [0.25, 0.3) is 0 Å². The van der Waals surface area contributed by atoms with Gasteiger partial charge in [0.2, 0.25) is 5.91 Å². The number of hydrogen-bond donors (Lipinski definition) is 1. The van der Waals surface area contributed by atoms with Crippen LogP contribution in [0.4, 0.5) is 5.69 Å². The molecule has 0 bridgehead atoms. The average Bonchev–Trinajstić information content (AvgIpc) is 2.55. The maximum atomic E-state index is 11.1. The lowest BCUT2D eigenvalue weighted by Crippen LogP contribution is -2.55. The molecule has 1 amide bonds. The van der Waals surface area contributed by atoms with Crippen LogP contribution in [-0.4, -0.2) is 67.6 Å². The minimum absolute atomic E-state index is 0.213. The van der Waals surface area contributed by atoms with Crippen molar-refractivity contribution in [3.05, 3.63) is 29.8 Å². The van der Waals surface area contributed by atoms with Gasteiger partial charge in [-0.1, -0.05) is 18.2 Å². The van der Waals surface area contributed by atoms with Crippen molar-refractivity contribution in [1.29, 1.82) is 0 Å². The number of carbonyl (C=O) groups excluding carboxylic acids is 1. The van der Waals surface area contributed by atoms with Crippen molar-refractivity contribution < 1.29 is 4.79 Å². The van der Waals surface area contributed by atoms with E-state index in [0.29, 0.717) is 12.6 Å². The molecule has 1 unspecified atom stereocenters. The number of aryl methyl sites for hydroxylation is 1. The van der Waals surface area contributed by atoms with E-state index in [1.54, 1.807) is 0 Å². The van der Waals surface area contributed by atoms with E-state index in [-0.39, 0.29) is 5.91 Å². The molecule has 2 heterocycles. The fraction of sp³-hybridized carbons (Fsp3) is 0.611. The smallest absolute Gasteiger partial charge is 0.231 e. The monoisotopic (exact) mass is 316 g/mol. The molecule has 2 aliphatic rings. The molecule has 5 heteroatoms. The van der Waals surface area contributed by atoms with Crippen molar-refractivity contribution in [3.8, 4) is 0 Å². The van der Waals surface area contributed by atoms with Crippen LogP contribution < -0.4 is 10.6 Å². The topological polar surface area (TPSA) is 52.8 Å². The fourth-order valence-corrected chi connectivity index (χ4v) is 3.94. The third-order valence-electron chi connectivity index (χ3n) is 5.15. The number of nitrogens with zero attached hydrogens (tertiary/aromatic N) is 3. The minimum Gasteiger partial charge on any atom is -0.369 e. The Morgan fingerprint density at radius 2 is 1.91 bits per heavy atom. The van der Waals surface area contributed by atoms with Gasteiger partial charge in [-0.25, -0.2) is 0 Å². The standard InChI is InChI=1S/C18H28N4O/c1-15-5-2-3-7-17(15)22-11-9-21(10-12-22)16-6-4-8-20(13-16)14-18(19)23/h2-3,5,7,16H,4,6,8-14H2,1H3,(H2,19,23). The van der Waals surface area contributed by atoms with Crippen molar-refractivity contribution >= 4 is 11.6 Å². The minimum atomic E-state index is -0.213. The Morgan fingerprint density at radius 1 is 1.17 bits per heavy atom. The normalized spacial score (nSPS) is 23.9. The van der Waals surface area contributed by atoms with Gasteiger partial charge in [-0.05, 0) is 37.9 Å². The first kappa shape index (κ1) is 16.3. The van der Waals surface area contributed by atoms with Gasteiger partial charge in [-0.2, -0.15) is 0 Å². The lowest BCUT2D eigenvalue weighted by Gasteiger charge is -2.44. The van der Waals surface area contributed by atoms with Crippen LogP contribution in [-0.2, 0) is 4.79 Å². The third-order valence-corrected chi connectivity index (χ3v) is 5.15. The van der Waals surface area contributed by atoms with Crippen LogP contribution in [0.15, 0.2) is 24.3 Å². The Labute approximate surface area is 139 Å². The molecule has 0 saturated carbocycles. The number of piperidine rings is 1. The molecule has 1 atom stereocenters. The van der Waals surface area contributed by atoms with Crippen molar-refractivity contribution in [2.24, 2.45) is 5.73 Å². The molecular formula is C18H28N4O. The first-order chi connectivity index (χ1) is 11.1. The number of benzene rings is 1. The molecule has 2 saturated heterocycles. The number of nitrogens with two attached hydrogens (primary N) is 1. The average molecular weight is 316 g/mol. The Bertz CT molecular complexity index is 540. The first-order valence-corrected chi connectivity index (χ1v) is 8.69. The highest BCUT2D eigenvalue weighted by molar-refractivity contribution is 5.75. The number of anilines is 1. The van der Waals surface area contributed by atoms with Gasteiger partial charge >= 0.3 is 0 Å². The number of likely N-dealkylation sites (tertiary alicyclic amines) is 1. The number of carbonyl (C=O) groups is 1. The zero-order valence-corrected chi connectivity index (χ0v) is 14.1. The summed E-state index contributed by atoms with van der Waals surface area (Å²) < 4.78 is 0. The summed E-state index contributed by atoms with van der Waals surface area (Å²) in [5.74, 6) is -0.213. The second kappa shape index (κ2) is 7.32. The molecule has 126 valence electrons. The molecule has 1 aromatic rings. The second-order valence-electron chi connectivity index (χ2n) is 6.81. The van der Waals surface area contributed by atoms with Crippen LogP contribution in [0, 0.1) is 6.92 Å². The highest BCUT2D eigenvalue weighted by Gasteiger charge is 2.28. The lowest BCUT2D eigenvalue weighted by atomic mass is 10.0. The van der Waals surface area contributed by atoms with Gasteiger partial charge in [0.15, 0.2) is 0 Å². The molecule has 23 heavy (non-hydrogen) atoms. The molecule has 0 aliphatic carbocycles. The van der Waals surface area contributed by atoms with Crippen molar-refractivity contribution in [2.75, 3.05) is 50.7 Å². The summed E-state index contributed by atoms with van der Waals surface area (Å²) in [5, 5.41) is 0. The maximum Gasteiger partial charge on any atom is 0.231 e. The van der Waals surface area contributed by atoms with Gasteiger partial charge < -0.3 is 10.6 Å². The number of piperazine rings is 1. The molecule has 2 aliphatic heterocycles. The zero-order valence-electron chi connectivity index (χ0n) is 14.1. The van der Waals surface area contributed by atoms with E-state index in [0.717, 1.165) is 45.7 Å². The van der Waals surface area contributed by atoms with Gasteiger partial charge in [-0.3, -0.25) is 14.6 Å². The second-order valence-corrected chi connectivity index (χ2v) is 6.81. The summed E-state index contributed by atoms with van der Waals surface area (Å²) in [7, 11) is 0. The SMILES string of the molecule is Cc1ccccc1N1CCN(C2CCCN(CC(N)=O)C2)CC1. The van der Waals surface area contributed by atoms with Crippen molar-refractivity contribution in [2.45, 2.75) is 25.8 Å². The fourth-order valence-electron chi connectivity index (χ4n) is 3.94. The molecule has 2 fully saturated rings. The van der Waals surface area contributed by atoms with Gasteiger partial charge in [0.05, 0.1) is 6.54 Å². The van der Waals surface area contributed by atoms with Gasteiger partial charge in [0.1, 0.15) is 0 Å². The summed E-state index contributed by atoms with van der Waals surface area (Å²) in [6, 6.07) is 9.20. The van der Waals surface area contributed by atoms with Crippen LogP contribution in [0.5, 0.6) is 0 Å². The summed E-state index contributed by atoms with van der Waals surface area (Å²) in [6.45, 7) is 8.93. The van der Waals surface area contributed by atoms with Crippen LogP contribution in [0.25, 0.3) is 0 Å². The molecule has 0 radical (unpaired) electrons. The van der Waals surface area contributed by atoms with Crippen LogP contribution in [0.1, 0.15) is 18.4 Å². The quantitative estimate of drug-likeness (QED) is 0.903. The summed E-state index contributed by atoms with van der Waals surface area (Å²) in [5.41, 5.74) is 8.06. The van der Waals surface area contributed by atoms with Gasteiger partial charge in [0, 0.05) is 44.5 Å². The molecular weight excluding hydrogens is 288 g/mol. The number of primary amides is 1. The Kier molecular flexibility index (Phi) is 5.18. The lowest BCUT2D eigenvalue weighted by molar-refractivity contribution is -0.119. The van der Waals surface area contributed by atoms with Crippen LogP contribution >= 0.6 is 0 Å². The molecule has 2 N–H and O–H groups in total. The Balaban J connectivity index is 1.54. The van der Waals surface area contributed by atoms with E-state index in [9.17, 15) is 4.79 Å². The predicted octanol–water partition coefficient (Wildman–Crippen LogP) is 1.07. The Hall–Kier alpha value is -1.59. The van der Waals surface area contributed by atoms with Crippen LogP contribution in [0.3, 0.4) is 0 Å². The highest BCUT2D eigenvalue weighted by atomic mass is 16.1. The van der Waals surface area contributed by atoms with E-state index in [1.165, 1.54) is 17.7 Å². The number of rotatable bonds is 4. The first-order valence-electron chi connectivity index (χ1n) is 8.69. The largest absolute Gasteiger partial charge is 0.369 e. The van der Waals surface area contributed by atoms with E-state index in [1.807, 2.05) is 0 Å². The molecule has 5 nitrogen and oxygen atoms in total. The molecule has 3 rings (SSSR count). The third kappa shape index (κ3) is 4.03. The van der Waals surface area contributed by atoms with Gasteiger partial charge in [-0.15, -0.1) is 0 Å². The van der Waals surface area contributed by atoms with E-state index in [2.05, 4.69) is 45.9 Å². The molecule has 1 aromatic carbocycles. The van der Waals surface area contributed by atoms with E-state index < -0.39 is 0 Å².